The van der Waals surface area contributed by atoms with Crippen molar-refractivity contribution in [2.24, 2.45) is 0 Å². The molecule has 3 rings (SSSR count). The molecular weight excluding hydrogens is 404 g/mol. The van der Waals surface area contributed by atoms with Crippen molar-refractivity contribution in [3.8, 4) is 11.5 Å². The number of sulfonamides is 1. The number of halogens is 1. The van der Waals surface area contributed by atoms with Crippen LogP contribution in [0.15, 0.2) is 47.4 Å². The van der Waals surface area contributed by atoms with Crippen LogP contribution in [-0.2, 0) is 14.8 Å². The number of nitrogens with one attached hydrogen (secondary N) is 1. The van der Waals surface area contributed by atoms with Gasteiger partial charge in [0, 0.05) is 13.1 Å². The number of rotatable bonds is 7. The van der Waals surface area contributed by atoms with Crippen molar-refractivity contribution in [3.05, 3.63) is 47.5 Å². The summed E-state index contributed by atoms with van der Waals surface area (Å²) in [6, 6.07) is 11.2. The Morgan fingerprint density at radius 1 is 1.14 bits per heavy atom. The van der Waals surface area contributed by atoms with E-state index in [-0.39, 0.29) is 17.2 Å². The third kappa shape index (κ3) is 4.57. The number of carbonyl (C=O) groups is 1. The van der Waals surface area contributed by atoms with Gasteiger partial charge >= 0.3 is 0 Å². The minimum atomic E-state index is -3.61. The van der Waals surface area contributed by atoms with Crippen LogP contribution in [0.1, 0.15) is 12.8 Å². The lowest BCUT2D eigenvalue weighted by molar-refractivity contribution is -0.118. The van der Waals surface area contributed by atoms with Gasteiger partial charge in [-0.2, -0.15) is 4.31 Å². The lowest BCUT2D eigenvalue weighted by Crippen LogP contribution is -2.28. The van der Waals surface area contributed by atoms with Crippen molar-refractivity contribution in [2.45, 2.75) is 17.7 Å². The van der Waals surface area contributed by atoms with Crippen LogP contribution in [-0.4, -0.2) is 45.4 Å². The van der Waals surface area contributed by atoms with Gasteiger partial charge in [-0.3, -0.25) is 4.79 Å². The molecule has 28 heavy (non-hydrogen) atoms. The molecule has 0 bridgehead atoms. The largest absolute Gasteiger partial charge is 0.495 e. The van der Waals surface area contributed by atoms with Gasteiger partial charge < -0.3 is 14.8 Å². The number of methoxy groups -OCH3 is 1. The van der Waals surface area contributed by atoms with Crippen molar-refractivity contribution in [1.29, 1.82) is 0 Å². The molecule has 150 valence electrons. The highest BCUT2D eigenvalue weighted by Crippen LogP contribution is 2.30. The second-order valence-corrected chi connectivity index (χ2v) is 8.59. The second-order valence-electron chi connectivity index (χ2n) is 6.24. The highest BCUT2D eigenvalue weighted by atomic mass is 35.5. The maximum absolute atomic E-state index is 12.8. The van der Waals surface area contributed by atoms with Crippen LogP contribution in [0.3, 0.4) is 0 Å². The Morgan fingerprint density at radius 3 is 2.54 bits per heavy atom. The van der Waals surface area contributed by atoms with Gasteiger partial charge in [0.15, 0.2) is 6.61 Å². The summed E-state index contributed by atoms with van der Waals surface area (Å²) < 4.78 is 37.6. The number of amides is 1. The standard InChI is InChI=1S/C19H21ClN2O5S/c1-26-18-9-8-14(28(24,25)22-10-4-5-11-22)12-16(18)21-19(23)13-27-17-7-3-2-6-15(17)20/h2-3,6-9,12H,4-5,10-11,13H2,1H3,(H,21,23). The lowest BCUT2D eigenvalue weighted by atomic mass is 10.3. The van der Waals surface area contributed by atoms with Gasteiger partial charge in [0.05, 0.1) is 22.7 Å². The normalized spacial score (nSPS) is 14.6. The molecule has 0 aromatic heterocycles. The molecule has 9 heteroatoms. The number of ether oxygens (including phenoxy) is 2. The number of hydrogen-bond acceptors (Lipinski definition) is 5. The molecule has 1 aliphatic rings. The summed E-state index contributed by atoms with van der Waals surface area (Å²) in [7, 11) is -2.16. The first-order valence-corrected chi connectivity index (χ1v) is 10.6. The molecular formula is C19H21ClN2O5S. The van der Waals surface area contributed by atoms with Crippen LogP contribution in [0.25, 0.3) is 0 Å². The first-order valence-electron chi connectivity index (χ1n) is 8.77. The number of anilines is 1. The van der Waals surface area contributed by atoms with E-state index >= 15 is 0 Å². The fourth-order valence-electron chi connectivity index (χ4n) is 2.91. The van der Waals surface area contributed by atoms with E-state index in [2.05, 4.69) is 5.32 Å². The highest BCUT2D eigenvalue weighted by molar-refractivity contribution is 7.89. The summed E-state index contributed by atoms with van der Waals surface area (Å²) in [6.45, 7) is 0.722. The summed E-state index contributed by atoms with van der Waals surface area (Å²) >= 11 is 6.00. The quantitative estimate of drug-likeness (QED) is 0.738. The Kier molecular flexibility index (Phi) is 6.43. The van der Waals surface area contributed by atoms with Crippen LogP contribution < -0.4 is 14.8 Å². The molecule has 7 nitrogen and oxygen atoms in total. The second kappa shape index (κ2) is 8.81. The Labute approximate surface area is 169 Å². The van der Waals surface area contributed by atoms with Crippen LogP contribution in [0.4, 0.5) is 5.69 Å². The van der Waals surface area contributed by atoms with E-state index in [1.807, 2.05) is 0 Å². The van der Waals surface area contributed by atoms with Gasteiger partial charge in [-0.15, -0.1) is 0 Å². The monoisotopic (exact) mass is 424 g/mol. The first-order chi connectivity index (χ1) is 13.4. The summed E-state index contributed by atoms with van der Waals surface area (Å²) in [5, 5.41) is 3.03. The van der Waals surface area contributed by atoms with Crippen molar-refractivity contribution >= 4 is 33.2 Å². The number of hydrogen-bond donors (Lipinski definition) is 1. The molecule has 1 aliphatic heterocycles. The maximum atomic E-state index is 12.8. The van der Waals surface area contributed by atoms with Crippen molar-refractivity contribution < 1.29 is 22.7 Å². The molecule has 1 amide bonds. The maximum Gasteiger partial charge on any atom is 0.262 e. The van der Waals surface area contributed by atoms with Gasteiger partial charge in [-0.25, -0.2) is 8.42 Å². The Hall–Kier alpha value is -2.29. The van der Waals surface area contributed by atoms with E-state index in [4.69, 9.17) is 21.1 Å². The Morgan fingerprint density at radius 2 is 1.86 bits per heavy atom. The molecule has 2 aromatic carbocycles. The lowest BCUT2D eigenvalue weighted by Gasteiger charge is -2.17. The third-order valence-corrected chi connectivity index (χ3v) is 6.55. The smallest absolute Gasteiger partial charge is 0.262 e. The highest BCUT2D eigenvalue weighted by Gasteiger charge is 2.28. The van der Waals surface area contributed by atoms with E-state index in [1.54, 1.807) is 24.3 Å². The minimum absolute atomic E-state index is 0.109. The summed E-state index contributed by atoms with van der Waals surface area (Å²) in [6.07, 6.45) is 1.69. The molecule has 0 atom stereocenters. The zero-order chi connectivity index (χ0) is 20.1. The number of nitrogens with zero attached hydrogens (tertiary/aromatic N) is 1. The first kappa shape index (κ1) is 20.4. The van der Waals surface area contributed by atoms with Gasteiger partial charge in [0.2, 0.25) is 10.0 Å². The van der Waals surface area contributed by atoms with E-state index < -0.39 is 15.9 Å². The van der Waals surface area contributed by atoms with Gasteiger partial charge in [0.1, 0.15) is 11.5 Å². The molecule has 0 saturated carbocycles. The van der Waals surface area contributed by atoms with Crippen LogP contribution >= 0.6 is 11.6 Å². The number of para-hydroxylation sites is 1. The van der Waals surface area contributed by atoms with Crippen molar-refractivity contribution in [2.75, 3.05) is 32.1 Å². The van der Waals surface area contributed by atoms with Crippen LogP contribution in [0.5, 0.6) is 11.5 Å². The fraction of sp³-hybridized carbons (Fsp3) is 0.316. The van der Waals surface area contributed by atoms with Crippen LogP contribution in [0, 0.1) is 0 Å². The summed E-state index contributed by atoms with van der Waals surface area (Å²) in [5.41, 5.74) is 0.260. The van der Waals surface area contributed by atoms with Gasteiger partial charge in [0.25, 0.3) is 5.91 Å². The number of benzene rings is 2. The topological polar surface area (TPSA) is 84.9 Å². The molecule has 1 heterocycles. The molecule has 2 aromatic rings. The minimum Gasteiger partial charge on any atom is -0.495 e. The van der Waals surface area contributed by atoms with E-state index in [9.17, 15) is 13.2 Å². The molecule has 1 fully saturated rings. The molecule has 1 saturated heterocycles. The van der Waals surface area contributed by atoms with Crippen molar-refractivity contribution in [1.82, 2.24) is 4.31 Å². The Bertz CT molecular complexity index is 959. The zero-order valence-electron chi connectivity index (χ0n) is 15.4. The van der Waals surface area contributed by atoms with Crippen molar-refractivity contribution in [3.63, 3.8) is 0 Å². The van der Waals surface area contributed by atoms with E-state index in [1.165, 1.54) is 29.6 Å². The predicted molar refractivity (Wildman–Crippen MR) is 107 cm³/mol. The molecule has 1 N–H and O–H groups in total. The SMILES string of the molecule is COc1ccc(S(=O)(=O)N2CCCC2)cc1NC(=O)COc1ccccc1Cl. The summed E-state index contributed by atoms with van der Waals surface area (Å²) in [4.78, 5) is 12.4. The average Bonchev–Trinajstić information content (AvgIpc) is 3.23. The number of carbonyl (C=O) groups excluding carboxylic acids is 1. The molecule has 0 unspecified atom stereocenters. The Balaban J connectivity index is 1.75. The molecule has 0 spiro atoms. The zero-order valence-corrected chi connectivity index (χ0v) is 16.9. The van der Waals surface area contributed by atoms with E-state index in [0.717, 1.165) is 12.8 Å². The van der Waals surface area contributed by atoms with E-state index in [0.29, 0.717) is 29.6 Å². The summed E-state index contributed by atoms with van der Waals surface area (Å²) in [5.74, 6) is 0.275. The average molecular weight is 425 g/mol. The van der Waals surface area contributed by atoms with Gasteiger partial charge in [-0.1, -0.05) is 23.7 Å². The van der Waals surface area contributed by atoms with Gasteiger partial charge in [-0.05, 0) is 43.2 Å². The predicted octanol–water partition coefficient (Wildman–Crippen LogP) is 3.15. The third-order valence-electron chi connectivity index (χ3n) is 4.34. The van der Waals surface area contributed by atoms with Crippen LogP contribution in [0.2, 0.25) is 5.02 Å². The molecule has 0 radical (unpaired) electrons. The fourth-order valence-corrected chi connectivity index (χ4v) is 4.65. The molecule has 0 aliphatic carbocycles.